The second-order valence-corrected chi connectivity index (χ2v) is 9.83. The van der Waals surface area contributed by atoms with Crippen LogP contribution in [-0.4, -0.2) is 30.5 Å². The Bertz CT molecular complexity index is 1370. The number of benzene rings is 1. The van der Waals surface area contributed by atoms with Crippen molar-refractivity contribution in [3.05, 3.63) is 56.7 Å². The number of nitrogens with one attached hydrogen (secondary N) is 1. The van der Waals surface area contributed by atoms with Gasteiger partial charge < -0.3 is 9.55 Å². The van der Waals surface area contributed by atoms with Crippen molar-refractivity contribution < 1.29 is 9.18 Å². The van der Waals surface area contributed by atoms with Gasteiger partial charge in [0.25, 0.3) is 5.56 Å². The largest absolute Gasteiger partial charge is 0.309 e. The molecule has 0 saturated heterocycles. The Hall–Kier alpha value is -2.85. The number of hydrogen-bond acceptors (Lipinski definition) is 7. The Kier molecular flexibility index (Phi) is 6.25. The number of fused-ring (bicyclic) bond motifs is 1. The minimum absolute atomic E-state index is 0.0803. The number of aromatic amines is 1. The monoisotopic (exact) mass is 471 g/mol. The molecule has 0 unspecified atom stereocenters. The third kappa shape index (κ3) is 4.24. The highest BCUT2D eigenvalue weighted by Crippen LogP contribution is 2.30. The zero-order chi connectivity index (χ0) is 23.0. The van der Waals surface area contributed by atoms with Crippen LogP contribution in [0.4, 0.5) is 4.39 Å². The number of rotatable bonds is 7. The summed E-state index contributed by atoms with van der Waals surface area (Å²) in [5, 5.41) is 9.59. The second kappa shape index (κ2) is 8.95. The van der Waals surface area contributed by atoms with Crippen LogP contribution in [0.25, 0.3) is 21.6 Å². The third-order valence-electron chi connectivity index (χ3n) is 4.89. The molecule has 0 aliphatic heterocycles. The van der Waals surface area contributed by atoms with Gasteiger partial charge in [0, 0.05) is 6.54 Å². The normalized spacial score (nSPS) is 11.6. The molecule has 0 fully saturated rings. The number of hydrogen-bond donors (Lipinski definition) is 1. The van der Waals surface area contributed by atoms with Gasteiger partial charge in [0.15, 0.2) is 16.8 Å². The van der Waals surface area contributed by atoms with Crippen molar-refractivity contribution in [2.45, 2.75) is 45.1 Å². The SMILES string of the molecule is CC(=O)c1sc2nc(CSc3nnc(-c4ccccc4F)n3CC(C)C)[nH]c(=O)c2c1C. The van der Waals surface area contributed by atoms with Gasteiger partial charge in [0.1, 0.15) is 16.5 Å². The Morgan fingerprint density at radius 1 is 1.28 bits per heavy atom. The molecule has 0 aliphatic rings. The van der Waals surface area contributed by atoms with Gasteiger partial charge in [-0.1, -0.05) is 37.7 Å². The molecule has 0 spiro atoms. The van der Waals surface area contributed by atoms with Gasteiger partial charge in [0.05, 0.1) is 21.6 Å². The Morgan fingerprint density at radius 3 is 2.72 bits per heavy atom. The number of carbonyl (C=O) groups is 1. The fourth-order valence-corrected chi connectivity index (χ4v) is 5.41. The van der Waals surface area contributed by atoms with E-state index in [1.165, 1.54) is 36.1 Å². The smallest absolute Gasteiger partial charge is 0.259 e. The number of aryl methyl sites for hydroxylation is 1. The first-order chi connectivity index (χ1) is 15.3. The average molecular weight is 472 g/mol. The lowest BCUT2D eigenvalue weighted by Gasteiger charge is -2.12. The number of halogens is 1. The number of nitrogens with zero attached hydrogens (tertiary/aromatic N) is 4. The van der Waals surface area contributed by atoms with Crippen molar-refractivity contribution in [1.82, 2.24) is 24.7 Å². The van der Waals surface area contributed by atoms with Crippen LogP contribution < -0.4 is 5.56 Å². The highest BCUT2D eigenvalue weighted by atomic mass is 32.2. The van der Waals surface area contributed by atoms with E-state index in [1.807, 2.05) is 4.57 Å². The molecule has 4 aromatic rings. The average Bonchev–Trinajstić information content (AvgIpc) is 3.27. The van der Waals surface area contributed by atoms with Gasteiger partial charge in [-0.05, 0) is 37.5 Å². The Labute approximate surface area is 192 Å². The molecule has 4 rings (SSSR count). The fourth-order valence-electron chi connectivity index (χ4n) is 3.49. The van der Waals surface area contributed by atoms with Gasteiger partial charge in [0.2, 0.25) is 0 Å². The van der Waals surface area contributed by atoms with E-state index in [9.17, 15) is 14.0 Å². The van der Waals surface area contributed by atoms with Crippen molar-refractivity contribution in [2.75, 3.05) is 0 Å². The van der Waals surface area contributed by atoms with Crippen LogP contribution in [-0.2, 0) is 12.3 Å². The standard InChI is InChI=1S/C22H22FN5O2S2/c1-11(2)9-28-19(14-7-5-6-8-15(14)23)26-27-22(28)31-10-16-24-20(30)17-12(3)18(13(4)29)32-21(17)25-16/h5-8,11H,9-10H2,1-4H3,(H,24,25,30). The number of thioether (sulfide) groups is 1. The predicted molar refractivity (Wildman–Crippen MR) is 125 cm³/mol. The predicted octanol–water partition coefficient (Wildman–Crippen LogP) is 4.84. The third-order valence-corrected chi connectivity index (χ3v) is 7.15. The lowest BCUT2D eigenvalue weighted by Crippen LogP contribution is -2.12. The van der Waals surface area contributed by atoms with E-state index in [2.05, 4.69) is 34.0 Å². The quantitative estimate of drug-likeness (QED) is 0.306. The number of thiophene rings is 1. The Balaban J connectivity index is 1.67. The summed E-state index contributed by atoms with van der Waals surface area (Å²) in [5.74, 6) is 1.16. The van der Waals surface area contributed by atoms with Gasteiger partial charge >= 0.3 is 0 Å². The van der Waals surface area contributed by atoms with Crippen molar-refractivity contribution in [1.29, 1.82) is 0 Å². The van der Waals surface area contributed by atoms with Crippen LogP contribution in [0.3, 0.4) is 0 Å². The lowest BCUT2D eigenvalue weighted by atomic mass is 10.2. The summed E-state index contributed by atoms with van der Waals surface area (Å²) in [6, 6.07) is 6.49. The minimum atomic E-state index is -0.354. The maximum atomic E-state index is 14.4. The molecule has 10 heteroatoms. The topological polar surface area (TPSA) is 93.5 Å². The van der Waals surface area contributed by atoms with Gasteiger partial charge in [-0.25, -0.2) is 9.37 Å². The maximum Gasteiger partial charge on any atom is 0.259 e. The van der Waals surface area contributed by atoms with E-state index >= 15 is 0 Å². The van der Waals surface area contributed by atoms with E-state index in [4.69, 9.17) is 0 Å². The molecule has 3 heterocycles. The molecule has 0 saturated carbocycles. The molecule has 1 aromatic carbocycles. The molecule has 0 bridgehead atoms. The lowest BCUT2D eigenvalue weighted by molar-refractivity contribution is 0.102. The van der Waals surface area contributed by atoms with Gasteiger partial charge in [-0.2, -0.15) is 0 Å². The summed E-state index contributed by atoms with van der Waals surface area (Å²) in [6.45, 7) is 8.00. The van der Waals surface area contributed by atoms with Crippen LogP contribution in [0.15, 0.2) is 34.2 Å². The molecule has 32 heavy (non-hydrogen) atoms. The zero-order valence-corrected chi connectivity index (χ0v) is 19.7. The van der Waals surface area contributed by atoms with Crippen molar-refractivity contribution >= 4 is 39.1 Å². The van der Waals surface area contributed by atoms with Crippen LogP contribution >= 0.6 is 23.1 Å². The molecule has 166 valence electrons. The van der Waals surface area contributed by atoms with E-state index in [0.29, 0.717) is 61.2 Å². The molecule has 1 N–H and O–H groups in total. The highest BCUT2D eigenvalue weighted by molar-refractivity contribution is 7.98. The van der Waals surface area contributed by atoms with E-state index < -0.39 is 0 Å². The highest BCUT2D eigenvalue weighted by Gasteiger charge is 2.20. The number of ketones is 1. The van der Waals surface area contributed by atoms with Crippen LogP contribution in [0.1, 0.15) is 41.8 Å². The molecule has 0 atom stereocenters. The van der Waals surface area contributed by atoms with E-state index in [0.717, 1.165) is 0 Å². The van der Waals surface area contributed by atoms with Crippen LogP contribution in [0, 0.1) is 18.7 Å². The second-order valence-electron chi connectivity index (χ2n) is 7.88. The van der Waals surface area contributed by atoms with Gasteiger partial charge in [-0.15, -0.1) is 21.5 Å². The molecule has 0 radical (unpaired) electrons. The number of H-pyrrole nitrogens is 1. The molecule has 7 nitrogen and oxygen atoms in total. The summed E-state index contributed by atoms with van der Waals surface area (Å²) in [7, 11) is 0. The molecular formula is C22H22FN5O2S2. The van der Waals surface area contributed by atoms with E-state index in [1.54, 1.807) is 25.1 Å². The summed E-state index contributed by atoms with van der Waals surface area (Å²) >= 11 is 2.60. The molecular weight excluding hydrogens is 449 g/mol. The molecule has 0 aliphatic carbocycles. The zero-order valence-electron chi connectivity index (χ0n) is 18.1. The summed E-state index contributed by atoms with van der Waals surface area (Å²) in [4.78, 5) is 32.9. The van der Waals surface area contributed by atoms with Crippen LogP contribution in [0.5, 0.6) is 0 Å². The summed E-state index contributed by atoms with van der Waals surface area (Å²) in [6.07, 6.45) is 0. The number of carbonyl (C=O) groups excluding carboxylic acids is 1. The molecule has 3 aromatic heterocycles. The van der Waals surface area contributed by atoms with Crippen LogP contribution in [0.2, 0.25) is 0 Å². The molecule has 0 amide bonds. The first-order valence-electron chi connectivity index (χ1n) is 10.1. The number of Topliss-reactive ketones (excluding diaryl/α,β-unsaturated/α-hetero) is 1. The first-order valence-corrected chi connectivity index (χ1v) is 11.9. The van der Waals surface area contributed by atoms with Crippen molar-refractivity contribution in [3.8, 4) is 11.4 Å². The Morgan fingerprint density at radius 2 is 2.03 bits per heavy atom. The van der Waals surface area contributed by atoms with Crippen molar-refractivity contribution in [3.63, 3.8) is 0 Å². The fraction of sp³-hybridized carbons (Fsp3) is 0.318. The first kappa shape index (κ1) is 22.3. The summed E-state index contributed by atoms with van der Waals surface area (Å²) in [5.41, 5.74) is 0.797. The number of aromatic nitrogens is 5. The minimum Gasteiger partial charge on any atom is -0.309 e. The van der Waals surface area contributed by atoms with Crippen molar-refractivity contribution in [2.24, 2.45) is 5.92 Å². The van der Waals surface area contributed by atoms with E-state index in [-0.39, 0.29) is 17.2 Å². The summed E-state index contributed by atoms with van der Waals surface area (Å²) < 4.78 is 16.3. The maximum absolute atomic E-state index is 14.4. The van der Waals surface area contributed by atoms with Gasteiger partial charge in [-0.3, -0.25) is 9.59 Å².